The maximum absolute atomic E-state index is 11.9. The van der Waals surface area contributed by atoms with E-state index >= 15 is 0 Å². The summed E-state index contributed by atoms with van der Waals surface area (Å²) in [6.07, 6.45) is 2.04. The van der Waals surface area contributed by atoms with Crippen LogP contribution in [0.1, 0.15) is 39.5 Å². The summed E-state index contributed by atoms with van der Waals surface area (Å²) in [5, 5.41) is 0. The molecule has 16 heavy (non-hydrogen) atoms. The second kappa shape index (κ2) is 7.62. The fourth-order valence-electron chi connectivity index (χ4n) is 1.45. The molecule has 1 amide bonds. The number of hydrogen-bond acceptors (Lipinski definition) is 3. The largest absolute Gasteiger partial charge is 0.370 e. The molecule has 0 bridgehead atoms. The zero-order chi connectivity index (χ0) is 12.6. The molecule has 0 rings (SSSR count). The molecule has 6 heteroatoms. The van der Waals surface area contributed by atoms with Crippen LogP contribution in [0.2, 0.25) is 0 Å². The molecule has 0 aromatic carbocycles. The van der Waals surface area contributed by atoms with Crippen LogP contribution in [0.5, 0.6) is 0 Å². The van der Waals surface area contributed by atoms with E-state index in [0.717, 1.165) is 12.8 Å². The summed E-state index contributed by atoms with van der Waals surface area (Å²) in [7, 11) is -3.22. The Balaban J connectivity index is 4.29. The molecule has 0 saturated carbocycles. The highest BCUT2D eigenvalue weighted by Gasteiger charge is 2.19. The van der Waals surface area contributed by atoms with E-state index in [1.165, 1.54) is 4.31 Å². The van der Waals surface area contributed by atoms with Crippen LogP contribution < -0.4 is 5.73 Å². The second-order valence-corrected chi connectivity index (χ2v) is 5.87. The van der Waals surface area contributed by atoms with Gasteiger partial charge in [0.2, 0.25) is 15.9 Å². The molecule has 2 N–H and O–H groups in total. The number of nitrogens with two attached hydrogens (primary N) is 1. The van der Waals surface area contributed by atoms with E-state index in [9.17, 15) is 13.2 Å². The Kier molecular flexibility index (Phi) is 7.33. The van der Waals surface area contributed by atoms with Crippen LogP contribution >= 0.6 is 0 Å². The van der Waals surface area contributed by atoms with Crippen molar-refractivity contribution < 1.29 is 13.2 Å². The van der Waals surface area contributed by atoms with Gasteiger partial charge in [-0.05, 0) is 19.3 Å². The molecule has 0 spiro atoms. The molecule has 5 nitrogen and oxygen atoms in total. The maximum Gasteiger partial charge on any atom is 0.217 e. The monoisotopic (exact) mass is 250 g/mol. The summed E-state index contributed by atoms with van der Waals surface area (Å²) in [6.45, 7) is 4.99. The van der Waals surface area contributed by atoms with Crippen molar-refractivity contribution in [1.29, 1.82) is 0 Å². The van der Waals surface area contributed by atoms with Crippen molar-refractivity contribution in [2.45, 2.75) is 39.5 Å². The molecule has 0 saturated heterocycles. The molecule has 0 aromatic rings. The van der Waals surface area contributed by atoms with Gasteiger partial charge in [0.05, 0.1) is 5.75 Å². The van der Waals surface area contributed by atoms with Crippen LogP contribution in [-0.4, -0.2) is 37.5 Å². The fraction of sp³-hybridized carbons (Fsp3) is 0.900. The normalized spacial score (nSPS) is 11.9. The number of nitrogens with zero attached hydrogens (tertiary/aromatic N) is 1. The van der Waals surface area contributed by atoms with Crippen molar-refractivity contribution in [3.05, 3.63) is 0 Å². The van der Waals surface area contributed by atoms with Crippen molar-refractivity contribution in [3.63, 3.8) is 0 Å². The predicted molar refractivity (Wildman–Crippen MR) is 64.4 cm³/mol. The molecule has 0 aliphatic carbocycles. The third-order valence-corrected chi connectivity index (χ3v) is 4.12. The van der Waals surface area contributed by atoms with Gasteiger partial charge in [-0.3, -0.25) is 4.79 Å². The van der Waals surface area contributed by atoms with Gasteiger partial charge < -0.3 is 5.73 Å². The van der Waals surface area contributed by atoms with E-state index in [4.69, 9.17) is 5.73 Å². The van der Waals surface area contributed by atoms with E-state index < -0.39 is 15.9 Å². The number of primary amides is 1. The highest BCUT2D eigenvalue weighted by molar-refractivity contribution is 7.89. The molecule has 96 valence electrons. The Labute approximate surface area is 98.0 Å². The molecule has 0 atom stereocenters. The number of sulfonamides is 1. The quantitative estimate of drug-likeness (QED) is 0.654. The number of rotatable bonds is 9. The van der Waals surface area contributed by atoms with Gasteiger partial charge in [0, 0.05) is 19.5 Å². The average Bonchev–Trinajstić information content (AvgIpc) is 2.16. The molecule has 0 aliphatic rings. The molecule has 0 radical (unpaired) electrons. The fourth-order valence-corrected chi connectivity index (χ4v) is 3.14. The Morgan fingerprint density at radius 1 is 1.19 bits per heavy atom. The van der Waals surface area contributed by atoms with Gasteiger partial charge in [-0.15, -0.1) is 0 Å². The van der Waals surface area contributed by atoms with Crippen molar-refractivity contribution >= 4 is 15.9 Å². The smallest absolute Gasteiger partial charge is 0.217 e. The lowest BCUT2D eigenvalue weighted by molar-refractivity contribution is -0.118. The van der Waals surface area contributed by atoms with E-state index in [1.54, 1.807) is 0 Å². The third kappa shape index (κ3) is 6.07. The molecule has 0 aliphatic heterocycles. The van der Waals surface area contributed by atoms with Gasteiger partial charge in [0.15, 0.2) is 0 Å². The Morgan fingerprint density at radius 2 is 1.69 bits per heavy atom. The third-order valence-electron chi connectivity index (χ3n) is 2.16. The van der Waals surface area contributed by atoms with Gasteiger partial charge in [0.1, 0.15) is 0 Å². The second-order valence-electron chi connectivity index (χ2n) is 3.78. The van der Waals surface area contributed by atoms with Gasteiger partial charge >= 0.3 is 0 Å². The van der Waals surface area contributed by atoms with Gasteiger partial charge in [0.25, 0.3) is 0 Å². The Hall–Kier alpha value is -0.620. The molecule has 0 unspecified atom stereocenters. The molecular formula is C10H22N2O3S. The van der Waals surface area contributed by atoms with Crippen molar-refractivity contribution in [2.75, 3.05) is 18.8 Å². The lowest BCUT2D eigenvalue weighted by Gasteiger charge is -2.20. The van der Waals surface area contributed by atoms with Crippen LogP contribution in [-0.2, 0) is 14.8 Å². The Bertz CT molecular complexity index is 295. The molecule has 0 aromatic heterocycles. The first-order chi connectivity index (χ1) is 7.44. The number of amides is 1. The zero-order valence-electron chi connectivity index (χ0n) is 10.1. The van der Waals surface area contributed by atoms with Crippen molar-refractivity contribution in [3.8, 4) is 0 Å². The van der Waals surface area contributed by atoms with Gasteiger partial charge in [-0.25, -0.2) is 12.7 Å². The summed E-state index contributed by atoms with van der Waals surface area (Å²) in [5.74, 6) is -0.441. The minimum absolute atomic E-state index is 0.00986. The number of carbonyl (C=O) groups excluding carboxylic acids is 1. The number of carbonyl (C=O) groups is 1. The van der Waals surface area contributed by atoms with Crippen LogP contribution in [0.15, 0.2) is 0 Å². The van der Waals surface area contributed by atoms with Gasteiger partial charge in [-0.2, -0.15) is 0 Å². The topological polar surface area (TPSA) is 80.5 Å². The summed E-state index contributed by atoms with van der Waals surface area (Å²) in [5.41, 5.74) is 4.97. The van der Waals surface area contributed by atoms with E-state index in [-0.39, 0.29) is 12.2 Å². The van der Waals surface area contributed by atoms with Crippen molar-refractivity contribution in [2.24, 2.45) is 5.73 Å². The van der Waals surface area contributed by atoms with Crippen LogP contribution in [0.25, 0.3) is 0 Å². The molecule has 0 fully saturated rings. The van der Waals surface area contributed by atoms with E-state index in [0.29, 0.717) is 19.5 Å². The minimum Gasteiger partial charge on any atom is -0.370 e. The van der Waals surface area contributed by atoms with Crippen LogP contribution in [0.3, 0.4) is 0 Å². The molecule has 0 heterocycles. The molecular weight excluding hydrogens is 228 g/mol. The van der Waals surface area contributed by atoms with E-state index in [1.807, 2.05) is 13.8 Å². The standard InChI is InChI=1S/C10H22N2O3S/c1-3-7-12(8-4-2)16(14,15)9-5-6-10(11)13/h3-9H2,1-2H3,(H2,11,13). The summed E-state index contributed by atoms with van der Waals surface area (Å²) in [4.78, 5) is 10.5. The highest BCUT2D eigenvalue weighted by Crippen LogP contribution is 2.06. The van der Waals surface area contributed by atoms with Crippen LogP contribution in [0.4, 0.5) is 0 Å². The highest BCUT2D eigenvalue weighted by atomic mass is 32.2. The SMILES string of the molecule is CCCN(CCC)S(=O)(=O)CCCC(N)=O. The predicted octanol–water partition coefficient (Wildman–Crippen LogP) is 0.704. The summed E-state index contributed by atoms with van der Waals surface area (Å²) in [6, 6.07) is 0. The van der Waals surface area contributed by atoms with E-state index in [2.05, 4.69) is 0 Å². The lowest BCUT2D eigenvalue weighted by Crippen LogP contribution is -2.34. The first-order valence-corrected chi connectivity index (χ1v) is 7.31. The maximum atomic E-state index is 11.9. The Morgan fingerprint density at radius 3 is 2.06 bits per heavy atom. The summed E-state index contributed by atoms with van der Waals surface area (Å²) < 4.78 is 25.2. The minimum atomic E-state index is -3.22. The first-order valence-electron chi connectivity index (χ1n) is 5.70. The number of hydrogen-bond donors (Lipinski definition) is 1. The van der Waals surface area contributed by atoms with Crippen LogP contribution in [0, 0.1) is 0 Å². The van der Waals surface area contributed by atoms with Crippen molar-refractivity contribution in [1.82, 2.24) is 4.31 Å². The first kappa shape index (κ1) is 15.4. The zero-order valence-corrected chi connectivity index (χ0v) is 10.9. The van der Waals surface area contributed by atoms with Gasteiger partial charge in [-0.1, -0.05) is 13.8 Å². The lowest BCUT2D eigenvalue weighted by atomic mass is 10.3. The average molecular weight is 250 g/mol. The summed E-state index contributed by atoms with van der Waals surface area (Å²) >= 11 is 0.